The summed E-state index contributed by atoms with van der Waals surface area (Å²) in [6, 6.07) is 4.84. The van der Waals surface area contributed by atoms with Crippen LogP contribution < -0.4 is 10.6 Å². The van der Waals surface area contributed by atoms with Gasteiger partial charge in [0.1, 0.15) is 5.82 Å². The molecule has 0 radical (unpaired) electrons. The molecule has 1 aliphatic rings. The van der Waals surface area contributed by atoms with Crippen molar-refractivity contribution in [3.63, 3.8) is 0 Å². The minimum absolute atomic E-state index is 0.0871. The van der Waals surface area contributed by atoms with Crippen LogP contribution in [0.5, 0.6) is 0 Å². The van der Waals surface area contributed by atoms with Gasteiger partial charge in [0.2, 0.25) is 5.91 Å². The van der Waals surface area contributed by atoms with Crippen molar-refractivity contribution in [3.05, 3.63) is 24.0 Å². The molecule has 5 heteroatoms. The highest BCUT2D eigenvalue weighted by Gasteiger charge is 2.18. The SMILES string of the molecule is CC(=O)N1CCCN(c2cccc(F)c2N)CC1. The van der Waals surface area contributed by atoms with Crippen molar-refractivity contribution >= 4 is 17.3 Å². The van der Waals surface area contributed by atoms with Gasteiger partial charge in [-0.25, -0.2) is 4.39 Å². The Kier molecular flexibility index (Phi) is 3.69. The Hall–Kier alpha value is -1.78. The fraction of sp³-hybridized carbons (Fsp3) is 0.462. The van der Waals surface area contributed by atoms with E-state index in [-0.39, 0.29) is 17.4 Å². The summed E-state index contributed by atoms with van der Waals surface area (Å²) in [4.78, 5) is 15.2. The maximum absolute atomic E-state index is 13.4. The molecule has 0 aliphatic carbocycles. The number of hydrogen-bond acceptors (Lipinski definition) is 3. The minimum atomic E-state index is -0.389. The molecule has 1 aromatic rings. The number of carbonyl (C=O) groups is 1. The monoisotopic (exact) mass is 251 g/mol. The molecule has 0 bridgehead atoms. The van der Waals surface area contributed by atoms with Gasteiger partial charge in [-0.15, -0.1) is 0 Å². The lowest BCUT2D eigenvalue weighted by Crippen LogP contribution is -2.33. The van der Waals surface area contributed by atoms with Gasteiger partial charge < -0.3 is 15.5 Å². The number of nitrogens with two attached hydrogens (primary N) is 1. The van der Waals surface area contributed by atoms with Crippen LogP contribution in [0.4, 0.5) is 15.8 Å². The number of amides is 1. The number of rotatable bonds is 1. The predicted octanol–water partition coefficient (Wildman–Crippen LogP) is 1.47. The first kappa shape index (κ1) is 12.7. The Morgan fingerprint density at radius 2 is 2.06 bits per heavy atom. The summed E-state index contributed by atoms with van der Waals surface area (Å²) < 4.78 is 13.4. The third-order valence-electron chi connectivity index (χ3n) is 3.31. The van der Waals surface area contributed by atoms with Crippen LogP contribution in [0.2, 0.25) is 0 Å². The molecule has 2 rings (SSSR count). The second-order valence-electron chi connectivity index (χ2n) is 4.52. The fourth-order valence-corrected chi connectivity index (χ4v) is 2.27. The minimum Gasteiger partial charge on any atom is -0.395 e. The van der Waals surface area contributed by atoms with E-state index in [0.29, 0.717) is 13.1 Å². The molecular weight excluding hydrogens is 233 g/mol. The van der Waals surface area contributed by atoms with Crippen molar-refractivity contribution in [2.24, 2.45) is 0 Å². The van der Waals surface area contributed by atoms with Crippen LogP contribution in [0.3, 0.4) is 0 Å². The van der Waals surface area contributed by atoms with Crippen molar-refractivity contribution in [3.8, 4) is 0 Å². The van der Waals surface area contributed by atoms with Gasteiger partial charge in [-0.3, -0.25) is 4.79 Å². The third-order valence-corrected chi connectivity index (χ3v) is 3.31. The zero-order valence-electron chi connectivity index (χ0n) is 10.5. The van der Waals surface area contributed by atoms with E-state index in [1.165, 1.54) is 6.07 Å². The molecule has 1 aliphatic heterocycles. The second kappa shape index (κ2) is 5.25. The number of halogens is 1. The van der Waals surface area contributed by atoms with Crippen molar-refractivity contribution in [1.82, 2.24) is 4.90 Å². The van der Waals surface area contributed by atoms with Crippen LogP contribution in [0.15, 0.2) is 18.2 Å². The summed E-state index contributed by atoms with van der Waals surface area (Å²) in [6.45, 7) is 4.46. The van der Waals surface area contributed by atoms with Crippen LogP contribution in [0.1, 0.15) is 13.3 Å². The molecule has 1 heterocycles. The molecule has 0 saturated carbocycles. The van der Waals surface area contributed by atoms with E-state index in [2.05, 4.69) is 0 Å². The molecule has 1 fully saturated rings. The number of nitrogens with zero attached hydrogens (tertiary/aromatic N) is 2. The van der Waals surface area contributed by atoms with Gasteiger partial charge in [0.15, 0.2) is 0 Å². The van der Waals surface area contributed by atoms with E-state index in [9.17, 15) is 9.18 Å². The van der Waals surface area contributed by atoms with E-state index >= 15 is 0 Å². The highest BCUT2D eigenvalue weighted by atomic mass is 19.1. The fourth-order valence-electron chi connectivity index (χ4n) is 2.27. The first-order valence-electron chi connectivity index (χ1n) is 6.14. The summed E-state index contributed by atoms with van der Waals surface area (Å²) >= 11 is 0. The smallest absolute Gasteiger partial charge is 0.219 e. The summed E-state index contributed by atoms with van der Waals surface area (Å²) in [5, 5.41) is 0. The van der Waals surface area contributed by atoms with Crippen LogP contribution in [0, 0.1) is 5.82 Å². The quantitative estimate of drug-likeness (QED) is 0.769. The van der Waals surface area contributed by atoms with Gasteiger partial charge in [0, 0.05) is 33.1 Å². The maximum Gasteiger partial charge on any atom is 0.219 e. The Labute approximate surface area is 106 Å². The zero-order chi connectivity index (χ0) is 13.1. The molecule has 4 nitrogen and oxygen atoms in total. The van der Waals surface area contributed by atoms with E-state index < -0.39 is 0 Å². The third kappa shape index (κ3) is 2.55. The highest BCUT2D eigenvalue weighted by Crippen LogP contribution is 2.26. The van der Waals surface area contributed by atoms with Gasteiger partial charge >= 0.3 is 0 Å². The van der Waals surface area contributed by atoms with Gasteiger partial charge in [0.05, 0.1) is 11.4 Å². The molecule has 0 atom stereocenters. The summed E-state index contributed by atoms with van der Waals surface area (Å²) in [6.07, 6.45) is 0.871. The molecule has 1 amide bonds. The lowest BCUT2D eigenvalue weighted by molar-refractivity contribution is -0.128. The Balaban J connectivity index is 2.15. The van der Waals surface area contributed by atoms with Crippen LogP contribution in [-0.4, -0.2) is 37.0 Å². The summed E-state index contributed by atoms with van der Waals surface area (Å²) in [5.41, 5.74) is 6.67. The number of anilines is 2. The van der Waals surface area contributed by atoms with E-state index in [0.717, 1.165) is 25.2 Å². The van der Waals surface area contributed by atoms with Gasteiger partial charge in [-0.2, -0.15) is 0 Å². The average molecular weight is 251 g/mol. The van der Waals surface area contributed by atoms with Crippen molar-refractivity contribution in [2.45, 2.75) is 13.3 Å². The zero-order valence-corrected chi connectivity index (χ0v) is 10.5. The standard InChI is InChI=1S/C13H18FN3O/c1-10(18)16-6-3-7-17(9-8-16)12-5-2-4-11(14)13(12)15/h2,4-5H,3,6-9,15H2,1H3. The molecule has 98 valence electrons. The van der Waals surface area contributed by atoms with Crippen LogP contribution >= 0.6 is 0 Å². The molecule has 0 aromatic heterocycles. The Morgan fingerprint density at radius 1 is 1.28 bits per heavy atom. The first-order valence-corrected chi connectivity index (χ1v) is 6.14. The van der Waals surface area contributed by atoms with E-state index in [1.54, 1.807) is 13.0 Å². The van der Waals surface area contributed by atoms with Crippen molar-refractivity contribution < 1.29 is 9.18 Å². The largest absolute Gasteiger partial charge is 0.395 e. The number of benzene rings is 1. The maximum atomic E-state index is 13.4. The number of carbonyl (C=O) groups excluding carboxylic acids is 1. The Bertz CT molecular complexity index is 450. The normalized spacial score (nSPS) is 16.6. The Morgan fingerprint density at radius 3 is 2.78 bits per heavy atom. The molecule has 18 heavy (non-hydrogen) atoms. The number of hydrogen-bond donors (Lipinski definition) is 1. The van der Waals surface area contributed by atoms with Gasteiger partial charge in [-0.1, -0.05) is 6.07 Å². The highest BCUT2D eigenvalue weighted by molar-refractivity contribution is 5.73. The first-order chi connectivity index (χ1) is 8.59. The van der Waals surface area contributed by atoms with Gasteiger partial charge in [-0.05, 0) is 18.6 Å². The lowest BCUT2D eigenvalue weighted by Gasteiger charge is -2.24. The molecule has 0 spiro atoms. The number of para-hydroxylation sites is 1. The summed E-state index contributed by atoms with van der Waals surface area (Å²) in [5.74, 6) is -0.302. The average Bonchev–Trinajstić information content (AvgIpc) is 2.58. The molecule has 1 aromatic carbocycles. The van der Waals surface area contributed by atoms with Crippen LogP contribution in [0.25, 0.3) is 0 Å². The molecule has 2 N–H and O–H groups in total. The van der Waals surface area contributed by atoms with E-state index in [1.807, 2.05) is 15.9 Å². The predicted molar refractivity (Wildman–Crippen MR) is 69.9 cm³/mol. The lowest BCUT2D eigenvalue weighted by atomic mass is 10.2. The summed E-state index contributed by atoms with van der Waals surface area (Å²) in [7, 11) is 0. The molecule has 0 unspecified atom stereocenters. The second-order valence-corrected chi connectivity index (χ2v) is 4.52. The topological polar surface area (TPSA) is 49.6 Å². The van der Waals surface area contributed by atoms with Crippen LogP contribution in [-0.2, 0) is 4.79 Å². The molecular formula is C13H18FN3O. The van der Waals surface area contributed by atoms with Gasteiger partial charge in [0.25, 0.3) is 0 Å². The van der Waals surface area contributed by atoms with E-state index in [4.69, 9.17) is 5.73 Å². The number of nitrogen functional groups attached to an aromatic ring is 1. The molecule has 1 saturated heterocycles. The van der Waals surface area contributed by atoms with Crippen molar-refractivity contribution in [2.75, 3.05) is 36.8 Å². The van der Waals surface area contributed by atoms with Crippen molar-refractivity contribution in [1.29, 1.82) is 0 Å².